The lowest BCUT2D eigenvalue weighted by Crippen LogP contribution is -2.35. The minimum Gasteiger partial charge on any atom is -0.496 e. The van der Waals surface area contributed by atoms with Crippen molar-refractivity contribution >= 4 is 29.2 Å². The second-order valence-corrected chi connectivity index (χ2v) is 5.51. The van der Waals surface area contributed by atoms with Crippen LogP contribution < -0.4 is 29.6 Å². The molecule has 0 aromatic heterocycles. The first kappa shape index (κ1) is 20.2. The van der Waals surface area contributed by atoms with Gasteiger partial charge in [0.1, 0.15) is 28.5 Å². The SMILES string of the molecule is COc1cccc(OC)c1NC(=O)NC(=O)c1c(OC)ccc(Cl)c1OC. The van der Waals surface area contributed by atoms with Crippen molar-refractivity contribution in [1.29, 1.82) is 0 Å². The van der Waals surface area contributed by atoms with Crippen LogP contribution in [0.5, 0.6) is 23.0 Å². The number of benzene rings is 2. The molecule has 0 aliphatic carbocycles. The summed E-state index contributed by atoms with van der Waals surface area (Å²) in [6, 6.07) is 7.21. The summed E-state index contributed by atoms with van der Waals surface area (Å²) in [5, 5.41) is 4.94. The molecule has 8 nitrogen and oxygen atoms in total. The van der Waals surface area contributed by atoms with Crippen molar-refractivity contribution in [3.8, 4) is 23.0 Å². The van der Waals surface area contributed by atoms with Gasteiger partial charge in [0.05, 0.1) is 33.5 Å². The topological polar surface area (TPSA) is 95.1 Å². The van der Waals surface area contributed by atoms with Crippen LogP contribution in [-0.4, -0.2) is 40.4 Å². The number of imide groups is 1. The van der Waals surface area contributed by atoms with Gasteiger partial charge in [0.2, 0.25) is 0 Å². The number of rotatable bonds is 6. The lowest BCUT2D eigenvalue weighted by Gasteiger charge is -2.16. The molecule has 0 spiro atoms. The van der Waals surface area contributed by atoms with Crippen molar-refractivity contribution in [3.05, 3.63) is 40.9 Å². The van der Waals surface area contributed by atoms with Crippen LogP contribution in [0.3, 0.4) is 0 Å². The summed E-state index contributed by atoms with van der Waals surface area (Å²) in [5.41, 5.74) is 0.271. The maximum Gasteiger partial charge on any atom is 0.326 e. The number of nitrogens with one attached hydrogen (secondary N) is 2. The standard InChI is InChI=1S/C18H19ClN2O6/c1-24-11-9-8-10(19)16(27-4)14(11)17(22)21-18(23)20-15-12(25-2)6-5-7-13(15)26-3/h5-9H,1-4H3,(H2,20,21,22,23). The van der Waals surface area contributed by atoms with Gasteiger partial charge in [-0.3, -0.25) is 10.1 Å². The number of hydrogen-bond donors (Lipinski definition) is 2. The molecule has 0 radical (unpaired) electrons. The number of carbonyl (C=O) groups is 2. The van der Waals surface area contributed by atoms with E-state index < -0.39 is 11.9 Å². The third kappa shape index (κ3) is 4.35. The van der Waals surface area contributed by atoms with Gasteiger partial charge in [-0.05, 0) is 24.3 Å². The highest BCUT2D eigenvalue weighted by Gasteiger charge is 2.23. The average Bonchev–Trinajstić information content (AvgIpc) is 2.67. The Morgan fingerprint density at radius 1 is 0.852 bits per heavy atom. The molecule has 2 N–H and O–H groups in total. The highest BCUT2D eigenvalue weighted by Crippen LogP contribution is 2.36. The molecular weight excluding hydrogens is 376 g/mol. The first-order valence-electron chi connectivity index (χ1n) is 7.70. The van der Waals surface area contributed by atoms with Gasteiger partial charge in [0.15, 0.2) is 5.75 Å². The average molecular weight is 395 g/mol. The van der Waals surface area contributed by atoms with E-state index in [2.05, 4.69) is 10.6 Å². The van der Waals surface area contributed by atoms with Gasteiger partial charge >= 0.3 is 6.03 Å². The predicted octanol–water partition coefficient (Wildman–Crippen LogP) is 3.34. The maximum absolute atomic E-state index is 12.6. The van der Waals surface area contributed by atoms with Gasteiger partial charge in [-0.2, -0.15) is 0 Å². The Balaban J connectivity index is 2.28. The van der Waals surface area contributed by atoms with Crippen molar-refractivity contribution in [2.45, 2.75) is 0 Å². The zero-order valence-corrected chi connectivity index (χ0v) is 16.0. The van der Waals surface area contributed by atoms with E-state index in [1.165, 1.54) is 40.6 Å². The summed E-state index contributed by atoms with van der Waals surface area (Å²) in [6.45, 7) is 0. The van der Waals surface area contributed by atoms with E-state index >= 15 is 0 Å². The first-order chi connectivity index (χ1) is 13.0. The third-order valence-corrected chi connectivity index (χ3v) is 3.91. The molecule has 3 amide bonds. The Bertz CT molecular complexity index is 834. The van der Waals surface area contributed by atoms with Gasteiger partial charge in [-0.15, -0.1) is 0 Å². The van der Waals surface area contributed by atoms with Gasteiger partial charge in [-0.1, -0.05) is 17.7 Å². The number of urea groups is 1. The summed E-state index contributed by atoms with van der Waals surface area (Å²) < 4.78 is 20.7. The van der Waals surface area contributed by atoms with Crippen LogP contribution in [0.25, 0.3) is 0 Å². The highest BCUT2D eigenvalue weighted by molar-refractivity contribution is 6.33. The maximum atomic E-state index is 12.6. The lowest BCUT2D eigenvalue weighted by atomic mass is 10.1. The zero-order valence-electron chi connectivity index (χ0n) is 15.2. The van der Waals surface area contributed by atoms with E-state index in [4.69, 9.17) is 30.5 Å². The first-order valence-corrected chi connectivity index (χ1v) is 8.08. The van der Waals surface area contributed by atoms with Gasteiger partial charge in [0.25, 0.3) is 5.91 Å². The molecule has 2 aromatic carbocycles. The van der Waals surface area contributed by atoms with Gasteiger partial charge in [-0.25, -0.2) is 4.79 Å². The van der Waals surface area contributed by atoms with Crippen LogP contribution in [0.1, 0.15) is 10.4 Å². The fourth-order valence-electron chi connectivity index (χ4n) is 2.41. The molecule has 0 bridgehead atoms. The zero-order chi connectivity index (χ0) is 20.0. The Morgan fingerprint density at radius 2 is 1.44 bits per heavy atom. The number of anilines is 1. The molecule has 0 atom stereocenters. The molecule has 9 heteroatoms. The second kappa shape index (κ2) is 9.00. The van der Waals surface area contributed by atoms with Crippen LogP contribution in [0, 0.1) is 0 Å². The monoisotopic (exact) mass is 394 g/mol. The number of ether oxygens (including phenoxy) is 4. The van der Waals surface area contributed by atoms with Gasteiger partial charge < -0.3 is 24.3 Å². The molecule has 0 saturated carbocycles. The Morgan fingerprint density at radius 3 is 1.96 bits per heavy atom. The normalized spacial score (nSPS) is 9.96. The van der Waals surface area contributed by atoms with Crippen molar-refractivity contribution in [2.24, 2.45) is 0 Å². The molecule has 0 heterocycles. The van der Waals surface area contributed by atoms with E-state index in [-0.39, 0.29) is 27.8 Å². The minimum atomic E-state index is -0.799. The van der Waals surface area contributed by atoms with E-state index in [0.717, 1.165) is 0 Å². The Hall–Kier alpha value is -3.13. The largest absolute Gasteiger partial charge is 0.496 e. The van der Waals surface area contributed by atoms with Crippen molar-refractivity contribution in [2.75, 3.05) is 33.8 Å². The van der Waals surface area contributed by atoms with Gasteiger partial charge in [0, 0.05) is 0 Å². The molecule has 0 aliphatic heterocycles. The fraction of sp³-hybridized carbons (Fsp3) is 0.222. The summed E-state index contributed by atoms with van der Waals surface area (Å²) in [6.07, 6.45) is 0. The molecule has 2 rings (SSSR count). The van der Waals surface area contributed by atoms with Crippen LogP contribution in [0.2, 0.25) is 5.02 Å². The summed E-state index contributed by atoms with van der Waals surface area (Å²) >= 11 is 6.05. The lowest BCUT2D eigenvalue weighted by molar-refractivity contribution is 0.0961. The molecular formula is C18H19ClN2O6. The number of methoxy groups -OCH3 is 4. The van der Waals surface area contributed by atoms with Crippen molar-refractivity contribution in [3.63, 3.8) is 0 Å². The van der Waals surface area contributed by atoms with Crippen LogP contribution >= 0.6 is 11.6 Å². The van der Waals surface area contributed by atoms with E-state index in [1.54, 1.807) is 18.2 Å². The predicted molar refractivity (Wildman–Crippen MR) is 101 cm³/mol. The van der Waals surface area contributed by atoms with E-state index in [0.29, 0.717) is 11.5 Å². The molecule has 2 aromatic rings. The summed E-state index contributed by atoms with van der Waals surface area (Å²) in [5.74, 6) is 0.287. The van der Waals surface area contributed by atoms with Crippen molar-refractivity contribution < 1.29 is 28.5 Å². The molecule has 0 fully saturated rings. The van der Waals surface area contributed by atoms with Crippen molar-refractivity contribution in [1.82, 2.24) is 5.32 Å². The quantitative estimate of drug-likeness (QED) is 0.780. The number of halogens is 1. The number of hydrogen-bond acceptors (Lipinski definition) is 6. The number of amides is 3. The molecule has 0 aliphatic rings. The number of para-hydroxylation sites is 1. The Kier molecular flexibility index (Phi) is 6.73. The summed E-state index contributed by atoms with van der Waals surface area (Å²) in [4.78, 5) is 25.0. The fourth-order valence-corrected chi connectivity index (χ4v) is 2.64. The smallest absolute Gasteiger partial charge is 0.326 e. The van der Waals surface area contributed by atoms with E-state index in [1.807, 2.05) is 0 Å². The molecule has 144 valence electrons. The highest BCUT2D eigenvalue weighted by atomic mass is 35.5. The Labute approximate surface area is 161 Å². The molecule has 0 saturated heterocycles. The minimum absolute atomic E-state index is 0.00496. The third-order valence-electron chi connectivity index (χ3n) is 3.62. The van der Waals surface area contributed by atoms with Crippen LogP contribution in [0.4, 0.5) is 10.5 Å². The molecule has 0 unspecified atom stereocenters. The van der Waals surface area contributed by atoms with Crippen LogP contribution in [0.15, 0.2) is 30.3 Å². The second-order valence-electron chi connectivity index (χ2n) is 5.10. The molecule has 27 heavy (non-hydrogen) atoms. The van der Waals surface area contributed by atoms with E-state index in [9.17, 15) is 9.59 Å². The van der Waals surface area contributed by atoms with Crippen LogP contribution in [-0.2, 0) is 0 Å². The summed E-state index contributed by atoms with van der Waals surface area (Å²) in [7, 11) is 5.64. The number of carbonyl (C=O) groups excluding carboxylic acids is 2.